The molecule has 0 radical (unpaired) electrons. The van der Waals surface area contributed by atoms with E-state index in [2.05, 4.69) is 20.6 Å². The fourth-order valence-electron chi connectivity index (χ4n) is 2.13. The number of halogens is 2. The molecule has 8 heteroatoms. The Balaban J connectivity index is 1.68. The van der Waals surface area contributed by atoms with E-state index in [0.717, 1.165) is 4.88 Å². The quantitative estimate of drug-likeness (QED) is 0.639. The van der Waals surface area contributed by atoms with E-state index in [4.69, 9.17) is 0 Å². The number of anilines is 3. The highest BCUT2D eigenvalue weighted by molar-refractivity contribution is 7.15. The molecule has 0 unspecified atom stereocenters. The van der Waals surface area contributed by atoms with Gasteiger partial charge in [-0.3, -0.25) is 4.79 Å². The Kier molecular flexibility index (Phi) is 4.99. The predicted octanol–water partition coefficient (Wildman–Crippen LogP) is 4.37. The molecule has 0 aliphatic carbocycles. The zero-order valence-electron chi connectivity index (χ0n) is 13.2. The Morgan fingerprint density at radius 2 is 2.04 bits per heavy atom. The van der Waals surface area contributed by atoms with Gasteiger partial charge in [0.05, 0.1) is 17.8 Å². The first-order valence-corrected chi connectivity index (χ1v) is 8.21. The molecule has 0 aliphatic rings. The van der Waals surface area contributed by atoms with Gasteiger partial charge in [-0.05, 0) is 25.1 Å². The number of carbonyl (C=O) groups excluding carboxylic acids is 1. The zero-order valence-corrected chi connectivity index (χ0v) is 14.0. The molecule has 1 aromatic carbocycles. The molecule has 0 amide bonds. The number of hydrogen-bond donors (Lipinski definition) is 2. The Morgan fingerprint density at radius 1 is 1.20 bits per heavy atom. The van der Waals surface area contributed by atoms with Crippen LogP contribution in [0.3, 0.4) is 0 Å². The summed E-state index contributed by atoms with van der Waals surface area (Å²) >= 11 is 1.38. The van der Waals surface area contributed by atoms with Crippen LogP contribution in [0, 0.1) is 11.6 Å². The number of aromatic nitrogens is 2. The van der Waals surface area contributed by atoms with Crippen LogP contribution in [-0.2, 0) is 6.54 Å². The van der Waals surface area contributed by atoms with Crippen molar-refractivity contribution in [3.05, 3.63) is 64.8 Å². The number of pyridine rings is 1. The van der Waals surface area contributed by atoms with Gasteiger partial charge < -0.3 is 10.6 Å². The minimum absolute atomic E-state index is 0.0687. The molecule has 25 heavy (non-hydrogen) atoms. The molecular formula is C17H14F2N4OS. The van der Waals surface area contributed by atoms with Crippen LogP contribution < -0.4 is 10.6 Å². The van der Waals surface area contributed by atoms with Crippen LogP contribution in [0.15, 0.2) is 42.7 Å². The number of benzene rings is 1. The van der Waals surface area contributed by atoms with Gasteiger partial charge in [-0.1, -0.05) is 17.4 Å². The van der Waals surface area contributed by atoms with Gasteiger partial charge in [-0.2, -0.15) is 0 Å². The summed E-state index contributed by atoms with van der Waals surface area (Å²) in [7, 11) is 0. The van der Waals surface area contributed by atoms with E-state index in [1.807, 2.05) is 18.2 Å². The lowest BCUT2D eigenvalue weighted by Gasteiger charge is -2.08. The second-order valence-electron chi connectivity index (χ2n) is 5.19. The molecule has 0 atom stereocenters. The lowest BCUT2D eigenvalue weighted by atomic mass is 10.1. The molecule has 0 saturated carbocycles. The Hall–Kier alpha value is -2.87. The molecule has 3 rings (SSSR count). The molecule has 0 aliphatic heterocycles. The number of carbonyl (C=O) groups is 1. The van der Waals surface area contributed by atoms with Gasteiger partial charge in [0.25, 0.3) is 0 Å². The van der Waals surface area contributed by atoms with Crippen LogP contribution >= 0.6 is 11.3 Å². The molecule has 0 spiro atoms. The Labute approximate surface area is 146 Å². The molecule has 5 nitrogen and oxygen atoms in total. The van der Waals surface area contributed by atoms with Gasteiger partial charge in [0, 0.05) is 23.3 Å². The molecule has 2 aromatic heterocycles. The van der Waals surface area contributed by atoms with Gasteiger partial charge in [0.15, 0.2) is 10.9 Å². The minimum atomic E-state index is -0.866. The largest absolute Gasteiger partial charge is 0.378 e. The maximum atomic E-state index is 13.8. The highest BCUT2D eigenvalue weighted by atomic mass is 32.1. The van der Waals surface area contributed by atoms with Crippen LogP contribution in [-0.4, -0.2) is 15.8 Å². The second kappa shape index (κ2) is 7.35. The average Bonchev–Trinajstić information content (AvgIpc) is 3.02. The summed E-state index contributed by atoms with van der Waals surface area (Å²) in [6.45, 7) is 1.53. The third-order valence-corrected chi connectivity index (χ3v) is 4.26. The van der Waals surface area contributed by atoms with E-state index in [1.54, 1.807) is 12.4 Å². The van der Waals surface area contributed by atoms with Crippen LogP contribution in [0.25, 0.3) is 0 Å². The van der Waals surface area contributed by atoms with Crippen LogP contribution in [0.2, 0.25) is 0 Å². The summed E-state index contributed by atoms with van der Waals surface area (Å²) in [6, 6.07) is 7.38. The molecular weight excluding hydrogens is 346 g/mol. The maximum absolute atomic E-state index is 13.8. The molecule has 2 heterocycles. The van der Waals surface area contributed by atoms with E-state index in [1.165, 1.54) is 24.3 Å². The summed E-state index contributed by atoms with van der Waals surface area (Å²) in [5.41, 5.74) is -0.0788. The van der Waals surface area contributed by atoms with Crippen molar-refractivity contribution in [3.8, 4) is 0 Å². The second-order valence-corrected chi connectivity index (χ2v) is 6.31. The van der Waals surface area contributed by atoms with E-state index in [0.29, 0.717) is 23.6 Å². The molecule has 0 saturated heterocycles. The van der Waals surface area contributed by atoms with Gasteiger partial charge in [-0.25, -0.2) is 18.7 Å². The maximum Gasteiger partial charge on any atom is 0.188 e. The number of Topliss-reactive ketones (excluding diaryl/α,β-unsaturated/α-hetero) is 1. The van der Waals surface area contributed by atoms with Gasteiger partial charge in [-0.15, -0.1) is 0 Å². The lowest BCUT2D eigenvalue weighted by molar-refractivity contribution is 0.101. The zero-order chi connectivity index (χ0) is 17.8. The first kappa shape index (κ1) is 17.0. The van der Waals surface area contributed by atoms with E-state index in [9.17, 15) is 13.6 Å². The smallest absolute Gasteiger partial charge is 0.188 e. The fourth-order valence-corrected chi connectivity index (χ4v) is 2.89. The fraction of sp³-hybridized carbons (Fsp3) is 0.118. The Morgan fingerprint density at radius 3 is 2.76 bits per heavy atom. The number of nitrogens with zero attached hydrogens (tertiary/aromatic N) is 2. The van der Waals surface area contributed by atoms with Crippen molar-refractivity contribution in [2.24, 2.45) is 0 Å². The number of rotatable bonds is 6. The lowest BCUT2D eigenvalue weighted by Crippen LogP contribution is -2.05. The molecule has 128 valence electrons. The van der Waals surface area contributed by atoms with Gasteiger partial charge >= 0.3 is 0 Å². The first-order valence-electron chi connectivity index (χ1n) is 7.39. The number of nitrogens with one attached hydrogen (secondary N) is 2. The van der Waals surface area contributed by atoms with Crippen molar-refractivity contribution in [2.45, 2.75) is 13.5 Å². The average molecular weight is 360 g/mol. The van der Waals surface area contributed by atoms with Crippen LogP contribution in [0.1, 0.15) is 22.2 Å². The predicted molar refractivity (Wildman–Crippen MR) is 93.3 cm³/mol. The number of ketones is 1. The highest BCUT2D eigenvalue weighted by Crippen LogP contribution is 2.24. The topological polar surface area (TPSA) is 66.9 Å². The highest BCUT2D eigenvalue weighted by Gasteiger charge is 2.13. The third kappa shape index (κ3) is 4.16. The van der Waals surface area contributed by atoms with Crippen molar-refractivity contribution in [2.75, 3.05) is 10.6 Å². The van der Waals surface area contributed by atoms with E-state index < -0.39 is 17.4 Å². The monoisotopic (exact) mass is 360 g/mol. The van der Waals surface area contributed by atoms with Crippen LogP contribution in [0.4, 0.5) is 25.4 Å². The summed E-state index contributed by atoms with van der Waals surface area (Å²) in [5, 5.41) is 6.58. The summed E-state index contributed by atoms with van der Waals surface area (Å²) < 4.78 is 27.4. The van der Waals surface area contributed by atoms with Crippen LogP contribution in [0.5, 0.6) is 0 Å². The van der Waals surface area contributed by atoms with Gasteiger partial charge in [0.2, 0.25) is 0 Å². The summed E-state index contributed by atoms with van der Waals surface area (Å²) in [6.07, 6.45) is 3.32. The summed E-state index contributed by atoms with van der Waals surface area (Å²) in [4.78, 5) is 20.6. The molecule has 3 aromatic rings. The first-order chi connectivity index (χ1) is 12.0. The Bertz CT molecular complexity index is 899. The molecule has 0 fully saturated rings. The third-order valence-electron chi connectivity index (χ3n) is 3.34. The minimum Gasteiger partial charge on any atom is -0.378 e. The van der Waals surface area contributed by atoms with Gasteiger partial charge in [0.1, 0.15) is 17.5 Å². The summed E-state index contributed by atoms with van der Waals surface area (Å²) in [5.74, 6) is -1.40. The molecule has 0 bridgehead atoms. The number of hydrogen-bond acceptors (Lipinski definition) is 6. The normalized spacial score (nSPS) is 10.5. The van der Waals surface area contributed by atoms with Crippen molar-refractivity contribution in [1.29, 1.82) is 0 Å². The van der Waals surface area contributed by atoms with Crippen molar-refractivity contribution in [1.82, 2.24) is 9.97 Å². The number of thiazole rings is 1. The van der Waals surface area contributed by atoms with Crippen molar-refractivity contribution >= 4 is 33.8 Å². The SMILES string of the molecule is CC(=O)c1cc(NCc2cnc(Nc3ccccn3)s2)c(F)cc1F. The van der Waals surface area contributed by atoms with Crippen molar-refractivity contribution < 1.29 is 13.6 Å². The van der Waals surface area contributed by atoms with E-state index >= 15 is 0 Å². The van der Waals surface area contributed by atoms with E-state index in [-0.39, 0.29) is 11.3 Å². The molecule has 2 N–H and O–H groups in total. The van der Waals surface area contributed by atoms with Crippen molar-refractivity contribution in [3.63, 3.8) is 0 Å². The standard InChI is InChI=1S/C17H14F2N4OS/c1-10(24)12-6-15(14(19)7-13(12)18)21-8-11-9-22-17(25-11)23-16-4-2-3-5-20-16/h2-7,9,21H,8H2,1H3,(H,20,22,23).